The van der Waals surface area contributed by atoms with Crippen LogP contribution in [0.25, 0.3) is 22.5 Å². The fourth-order valence-electron chi connectivity index (χ4n) is 3.45. The first-order valence-corrected chi connectivity index (χ1v) is 9.36. The van der Waals surface area contributed by atoms with E-state index in [2.05, 4.69) is 46.7 Å². The zero-order valence-electron chi connectivity index (χ0n) is 16.3. The lowest BCUT2D eigenvalue weighted by Gasteiger charge is -2.19. The lowest BCUT2D eigenvalue weighted by atomic mass is 10.1. The van der Waals surface area contributed by atoms with Gasteiger partial charge in [0.15, 0.2) is 0 Å². The Balaban J connectivity index is 1.77. The number of hydrogen-bond acceptors (Lipinski definition) is 3. The van der Waals surface area contributed by atoms with E-state index in [9.17, 15) is 4.79 Å². The molecule has 0 aliphatic rings. The number of carbonyl (C=O) groups is 1. The van der Waals surface area contributed by atoms with Crippen LogP contribution >= 0.6 is 0 Å². The van der Waals surface area contributed by atoms with Gasteiger partial charge in [0.25, 0.3) is 5.91 Å². The Labute approximate surface area is 164 Å². The van der Waals surface area contributed by atoms with Gasteiger partial charge in [-0.15, -0.1) is 0 Å². The summed E-state index contributed by atoms with van der Waals surface area (Å²) in [7, 11) is 1.83. The van der Waals surface area contributed by atoms with Crippen molar-refractivity contribution in [3.63, 3.8) is 0 Å². The van der Waals surface area contributed by atoms with Crippen molar-refractivity contribution in [3.05, 3.63) is 72.9 Å². The molecule has 0 radical (unpaired) electrons. The van der Waals surface area contributed by atoms with Crippen LogP contribution in [0.15, 0.2) is 67.3 Å². The van der Waals surface area contributed by atoms with Crippen molar-refractivity contribution in [1.82, 2.24) is 24.1 Å². The third kappa shape index (κ3) is 3.29. The maximum Gasteiger partial charge on any atom is 0.272 e. The molecule has 28 heavy (non-hydrogen) atoms. The van der Waals surface area contributed by atoms with Crippen LogP contribution in [0.2, 0.25) is 0 Å². The van der Waals surface area contributed by atoms with E-state index in [1.165, 1.54) is 0 Å². The van der Waals surface area contributed by atoms with Crippen molar-refractivity contribution < 1.29 is 4.79 Å². The number of amides is 1. The van der Waals surface area contributed by atoms with Crippen LogP contribution in [-0.2, 0) is 0 Å². The molecular formula is C22H23N5O. The molecule has 0 spiro atoms. The van der Waals surface area contributed by atoms with Crippen molar-refractivity contribution >= 4 is 11.4 Å². The van der Waals surface area contributed by atoms with Gasteiger partial charge in [0.2, 0.25) is 0 Å². The molecule has 142 valence electrons. The average molecular weight is 373 g/mol. The molecule has 0 N–H and O–H groups in total. The lowest BCUT2D eigenvalue weighted by molar-refractivity contribution is 0.0770. The first kappa shape index (κ1) is 18.0. The maximum atomic E-state index is 12.9. The predicted octanol–water partition coefficient (Wildman–Crippen LogP) is 3.92. The van der Waals surface area contributed by atoms with E-state index in [-0.39, 0.29) is 5.91 Å². The van der Waals surface area contributed by atoms with Gasteiger partial charge in [-0.3, -0.25) is 9.78 Å². The minimum Gasteiger partial charge on any atom is -0.340 e. The normalized spacial score (nSPS) is 11.3. The Kier molecular flexibility index (Phi) is 4.69. The minimum atomic E-state index is -0.0357. The Morgan fingerprint density at radius 1 is 1.00 bits per heavy atom. The summed E-state index contributed by atoms with van der Waals surface area (Å²) in [4.78, 5) is 18.8. The monoisotopic (exact) mass is 373 g/mol. The summed E-state index contributed by atoms with van der Waals surface area (Å²) in [6.45, 7) is 4.90. The molecule has 0 fully saturated rings. The fourth-order valence-corrected chi connectivity index (χ4v) is 3.45. The number of fused-ring (bicyclic) bond motifs is 1. The number of rotatable bonds is 5. The second-order valence-electron chi connectivity index (χ2n) is 7.35. The highest BCUT2D eigenvalue weighted by atomic mass is 16.2. The van der Waals surface area contributed by atoms with E-state index >= 15 is 0 Å². The smallest absolute Gasteiger partial charge is 0.272 e. The van der Waals surface area contributed by atoms with Crippen molar-refractivity contribution in [1.29, 1.82) is 0 Å². The van der Waals surface area contributed by atoms with Gasteiger partial charge >= 0.3 is 0 Å². The molecule has 4 aromatic rings. The van der Waals surface area contributed by atoms with Gasteiger partial charge < -0.3 is 9.30 Å². The Hall–Kier alpha value is -3.41. The van der Waals surface area contributed by atoms with Gasteiger partial charge in [0.1, 0.15) is 11.5 Å². The van der Waals surface area contributed by atoms with Crippen LogP contribution < -0.4 is 0 Å². The van der Waals surface area contributed by atoms with E-state index in [1.807, 2.05) is 31.3 Å². The van der Waals surface area contributed by atoms with Crippen LogP contribution in [-0.4, -0.2) is 43.6 Å². The Morgan fingerprint density at radius 2 is 1.75 bits per heavy atom. The summed E-state index contributed by atoms with van der Waals surface area (Å²) in [6, 6.07) is 13.9. The Bertz CT molecular complexity index is 1110. The molecular weight excluding hydrogens is 350 g/mol. The second-order valence-corrected chi connectivity index (χ2v) is 7.35. The van der Waals surface area contributed by atoms with Crippen LogP contribution in [0.4, 0.5) is 0 Å². The molecule has 6 nitrogen and oxygen atoms in total. The van der Waals surface area contributed by atoms with Gasteiger partial charge in [-0.25, -0.2) is 4.68 Å². The van der Waals surface area contributed by atoms with Crippen LogP contribution in [0, 0.1) is 5.92 Å². The van der Waals surface area contributed by atoms with Crippen molar-refractivity contribution in [2.24, 2.45) is 5.92 Å². The highest BCUT2D eigenvalue weighted by molar-refractivity contribution is 5.93. The fraction of sp³-hybridized carbons (Fsp3) is 0.227. The standard InChI is InChI=1S/C22H23N5O/c1-16(2)14-25(3)22(28)20-10-13-24-27(20)21-7-6-19-5-4-18(15-26(19)21)17-8-11-23-12-9-17/h4-13,15-16H,14H2,1-3H3. The highest BCUT2D eigenvalue weighted by Crippen LogP contribution is 2.23. The van der Waals surface area contributed by atoms with Gasteiger partial charge in [-0.1, -0.05) is 19.9 Å². The van der Waals surface area contributed by atoms with E-state index in [1.54, 1.807) is 34.2 Å². The predicted molar refractivity (Wildman–Crippen MR) is 110 cm³/mol. The highest BCUT2D eigenvalue weighted by Gasteiger charge is 2.19. The molecule has 4 rings (SSSR count). The number of nitrogens with zero attached hydrogens (tertiary/aromatic N) is 5. The quantitative estimate of drug-likeness (QED) is 0.533. The lowest BCUT2D eigenvalue weighted by Crippen LogP contribution is -2.31. The zero-order chi connectivity index (χ0) is 19.7. The van der Waals surface area contributed by atoms with E-state index in [4.69, 9.17) is 0 Å². The van der Waals surface area contributed by atoms with Gasteiger partial charge in [-0.05, 0) is 53.4 Å². The number of pyridine rings is 2. The zero-order valence-corrected chi connectivity index (χ0v) is 16.3. The van der Waals surface area contributed by atoms with Crippen LogP contribution in [0.1, 0.15) is 24.3 Å². The van der Waals surface area contributed by atoms with E-state index < -0.39 is 0 Å². The second kappa shape index (κ2) is 7.31. The third-order valence-electron chi connectivity index (χ3n) is 4.71. The van der Waals surface area contributed by atoms with E-state index in [0.29, 0.717) is 18.2 Å². The SMILES string of the molecule is CC(C)CN(C)C(=O)c1ccnn1-c1ccc2ccc(-c3ccncc3)cn12. The maximum absolute atomic E-state index is 12.9. The molecule has 4 heterocycles. The molecule has 0 aliphatic heterocycles. The molecule has 0 saturated carbocycles. The summed E-state index contributed by atoms with van der Waals surface area (Å²) >= 11 is 0. The molecule has 4 aromatic heterocycles. The minimum absolute atomic E-state index is 0.0357. The van der Waals surface area contributed by atoms with Crippen molar-refractivity contribution in [2.45, 2.75) is 13.8 Å². The summed E-state index contributed by atoms with van der Waals surface area (Å²) in [6.07, 6.45) is 7.30. The van der Waals surface area contributed by atoms with Crippen molar-refractivity contribution in [2.75, 3.05) is 13.6 Å². The molecule has 0 aliphatic carbocycles. The number of carbonyl (C=O) groups excluding carboxylic acids is 1. The molecule has 6 heteroatoms. The first-order valence-electron chi connectivity index (χ1n) is 9.36. The first-order chi connectivity index (χ1) is 13.5. The molecule has 0 aromatic carbocycles. The summed E-state index contributed by atoms with van der Waals surface area (Å²) in [5.41, 5.74) is 3.75. The van der Waals surface area contributed by atoms with Crippen LogP contribution in [0.5, 0.6) is 0 Å². The third-order valence-corrected chi connectivity index (χ3v) is 4.71. The number of aromatic nitrogens is 4. The van der Waals surface area contributed by atoms with Crippen molar-refractivity contribution in [3.8, 4) is 16.9 Å². The molecule has 1 amide bonds. The number of hydrogen-bond donors (Lipinski definition) is 0. The summed E-state index contributed by atoms with van der Waals surface area (Å²) in [5, 5.41) is 4.43. The van der Waals surface area contributed by atoms with Gasteiger partial charge in [0, 0.05) is 37.7 Å². The van der Waals surface area contributed by atoms with Gasteiger partial charge in [-0.2, -0.15) is 5.10 Å². The molecule has 0 atom stereocenters. The Morgan fingerprint density at radius 3 is 2.50 bits per heavy atom. The van der Waals surface area contributed by atoms with E-state index in [0.717, 1.165) is 22.5 Å². The summed E-state index contributed by atoms with van der Waals surface area (Å²) < 4.78 is 3.77. The van der Waals surface area contributed by atoms with Crippen LogP contribution in [0.3, 0.4) is 0 Å². The molecule has 0 saturated heterocycles. The largest absolute Gasteiger partial charge is 0.340 e. The van der Waals surface area contributed by atoms with Gasteiger partial charge in [0.05, 0.1) is 6.20 Å². The summed E-state index contributed by atoms with van der Waals surface area (Å²) in [5.74, 6) is 1.20. The topological polar surface area (TPSA) is 55.4 Å². The molecule has 0 unspecified atom stereocenters. The average Bonchev–Trinajstić information content (AvgIpc) is 3.33. The molecule has 0 bridgehead atoms.